The van der Waals surface area contributed by atoms with E-state index in [1.807, 2.05) is 0 Å². The zero-order valence-electron chi connectivity index (χ0n) is 10.5. The Morgan fingerprint density at radius 3 is 2.47 bits per heavy atom. The molecule has 1 aromatic heterocycles. The largest absolute Gasteiger partial charge is 0.307 e. The Labute approximate surface area is 101 Å². The van der Waals surface area contributed by atoms with Gasteiger partial charge in [0.2, 0.25) is 5.91 Å². The van der Waals surface area contributed by atoms with Crippen molar-refractivity contribution >= 4 is 11.6 Å². The number of aromatic nitrogens is 2. The van der Waals surface area contributed by atoms with Gasteiger partial charge in [0.15, 0.2) is 0 Å². The Morgan fingerprint density at radius 2 is 1.94 bits per heavy atom. The van der Waals surface area contributed by atoms with Crippen molar-refractivity contribution in [3.05, 3.63) is 18.2 Å². The van der Waals surface area contributed by atoms with E-state index in [0.717, 1.165) is 18.1 Å². The third kappa shape index (κ3) is 2.61. The van der Waals surface area contributed by atoms with Crippen LogP contribution in [0.4, 0.5) is 5.69 Å². The summed E-state index contributed by atoms with van der Waals surface area (Å²) in [5.41, 5.74) is 0.718. The standard InChI is InChI=1S/C12H18N4O/c1-12(2,3)11-14-6-9(7-15-11)16-5-4-13-8-10(16)17/h6-7,13H,4-5,8H2,1-3H3. The van der Waals surface area contributed by atoms with Gasteiger partial charge in [-0.1, -0.05) is 20.8 Å². The molecule has 0 spiro atoms. The number of amides is 1. The fourth-order valence-electron chi connectivity index (χ4n) is 1.73. The molecule has 0 unspecified atom stereocenters. The molecule has 1 saturated heterocycles. The number of hydrogen-bond acceptors (Lipinski definition) is 4. The van der Waals surface area contributed by atoms with Crippen molar-refractivity contribution in [3.8, 4) is 0 Å². The minimum atomic E-state index is -0.0635. The molecule has 5 nitrogen and oxygen atoms in total. The van der Waals surface area contributed by atoms with Gasteiger partial charge in [-0.25, -0.2) is 9.97 Å². The van der Waals surface area contributed by atoms with Crippen molar-refractivity contribution in [1.82, 2.24) is 15.3 Å². The molecule has 1 N–H and O–H groups in total. The molecular weight excluding hydrogens is 216 g/mol. The zero-order valence-corrected chi connectivity index (χ0v) is 10.5. The predicted molar refractivity (Wildman–Crippen MR) is 66.0 cm³/mol. The van der Waals surface area contributed by atoms with Crippen LogP contribution >= 0.6 is 0 Å². The van der Waals surface area contributed by atoms with E-state index in [0.29, 0.717) is 13.1 Å². The van der Waals surface area contributed by atoms with Crippen LogP contribution in [0, 0.1) is 0 Å². The summed E-state index contributed by atoms with van der Waals surface area (Å²) in [7, 11) is 0. The second-order valence-corrected chi connectivity index (χ2v) is 5.24. The van der Waals surface area contributed by atoms with Crippen molar-refractivity contribution in [1.29, 1.82) is 0 Å². The molecule has 0 bridgehead atoms. The van der Waals surface area contributed by atoms with Crippen LogP contribution < -0.4 is 10.2 Å². The number of nitrogens with zero attached hydrogens (tertiary/aromatic N) is 3. The van der Waals surface area contributed by atoms with E-state index in [1.165, 1.54) is 0 Å². The summed E-state index contributed by atoms with van der Waals surface area (Å²) >= 11 is 0. The van der Waals surface area contributed by atoms with Crippen molar-refractivity contribution in [3.63, 3.8) is 0 Å². The molecule has 1 aliphatic rings. The molecule has 1 aliphatic heterocycles. The number of anilines is 1. The van der Waals surface area contributed by atoms with Crippen molar-refractivity contribution in [2.24, 2.45) is 0 Å². The third-order valence-electron chi connectivity index (χ3n) is 2.71. The molecule has 0 atom stereocenters. The number of carbonyl (C=O) groups is 1. The van der Waals surface area contributed by atoms with Gasteiger partial charge in [0.05, 0.1) is 24.6 Å². The monoisotopic (exact) mass is 234 g/mol. The lowest BCUT2D eigenvalue weighted by Gasteiger charge is -2.27. The molecule has 17 heavy (non-hydrogen) atoms. The van der Waals surface area contributed by atoms with E-state index in [-0.39, 0.29) is 11.3 Å². The highest BCUT2D eigenvalue weighted by Gasteiger charge is 2.21. The minimum absolute atomic E-state index is 0.0635. The van der Waals surface area contributed by atoms with Crippen molar-refractivity contribution < 1.29 is 4.79 Å². The van der Waals surface area contributed by atoms with E-state index in [1.54, 1.807) is 17.3 Å². The SMILES string of the molecule is CC(C)(C)c1ncc(N2CCNCC2=O)cn1. The Balaban J connectivity index is 2.20. The maximum atomic E-state index is 11.7. The summed E-state index contributed by atoms with van der Waals surface area (Å²) < 4.78 is 0. The lowest BCUT2D eigenvalue weighted by atomic mass is 9.96. The highest BCUT2D eigenvalue weighted by molar-refractivity contribution is 5.95. The van der Waals surface area contributed by atoms with Gasteiger partial charge < -0.3 is 10.2 Å². The molecule has 2 rings (SSSR count). The Bertz CT molecular complexity index is 408. The number of hydrogen-bond donors (Lipinski definition) is 1. The summed E-state index contributed by atoms with van der Waals surface area (Å²) in [6, 6.07) is 0. The molecular formula is C12H18N4O. The fraction of sp³-hybridized carbons (Fsp3) is 0.583. The van der Waals surface area contributed by atoms with Gasteiger partial charge >= 0.3 is 0 Å². The highest BCUT2D eigenvalue weighted by Crippen LogP contribution is 2.20. The van der Waals surface area contributed by atoms with Gasteiger partial charge in [-0.15, -0.1) is 0 Å². The Kier molecular flexibility index (Phi) is 3.11. The molecule has 5 heteroatoms. The minimum Gasteiger partial charge on any atom is -0.307 e. The summed E-state index contributed by atoms with van der Waals surface area (Å²) in [5.74, 6) is 0.868. The lowest BCUT2D eigenvalue weighted by molar-refractivity contribution is -0.118. The first-order chi connectivity index (χ1) is 7.98. The van der Waals surface area contributed by atoms with Crippen LogP contribution in [0.15, 0.2) is 12.4 Å². The van der Waals surface area contributed by atoms with Crippen LogP contribution in [-0.2, 0) is 10.2 Å². The number of carbonyl (C=O) groups excluding carboxylic acids is 1. The van der Waals surface area contributed by atoms with E-state index in [9.17, 15) is 4.79 Å². The van der Waals surface area contributed by atoms with Crippen molar-refractivity contribution in [2.45, 2.75) is 26.2 Å². The average molecular weight is 234 g/mol. The first-order valence-corrected chi connectivity index (χ1v) is 5.82. The molecule has 0 saturated carbocycles. The van der Waals surface area contributed by atoms with Gasteiger partial charge in [0.25, 0.3) is 0 Å². The van der Waals surface area contributed by atoms with E-state index in [4.69, 9.17) is 0 Å². The summed E-state index contributed by atoms with van der Waals surface area (Å²) in [6.07, 6.45) is 3.47. The van der Waals surface area contributed by atoms with Crippen LogP contribution in [0.3, 0.4) is 0 Å². The third-order valence-corrected chi connectivity index (χ3v) is 2.71. The molecule has 92 valence electrons. The van der Waals surface area contributed by atoms with Crippen LogP contribution in [-0.4, -0.2) is 35.5 Å². The van der Waals surface area contributed by atoms with Crippen LogP contribution in [0.25, 0.3) is 0 Å². The molecule has 2 heterocycles. The van der Waals surface area contributed by atoms with E-state index < -0.39 is 0 Å². The maximum absolute atomic E-state index is 11.7. The summed E-state index contributed by atoms with van der Waals surface area (Å²) in [5, 5.41) is 3.04. The van der Waals surface area contributed by atoms with Crippen molar-refractivity contribution in [2.75, 3.05) is 24.5 Å². The molecule has 0 aliphatic carbocycles. The molecule has 0 aromatic carbocycles. The molecule has 1 aromatic rings. The second kappa shape index (κ2) is 4.41. The van der Waals surface area contributed by atoms with Crippen LogP contribution in [0.1, 0.15) is 26.6 Å². The number of nitrogens with one attached hydrogen (secondary N) is 1. The maximum Gasteiger partial charge on any atom is 0.241 e. The Hall–Kier alpha value is -1.49. The Morgan fingerprint density at radius 1 is 1.29 bits per heavy atom. The van der Waals surface area contributed by atoms with Gasteiger partial charge in [-0.3, -0.25) is 4.79 Å². The molecule has 1 amide bonds. The highest BCUT2D eigenvalue weighted by atomic mass is 16.2. The second-order valence-electron chi connectivity index (χ2n) is 5.24. The quantitative estimate of drug-likeness (QED) is 0.777. The smallest absolute Gasteiger partial charge is 0.241 e. The summed E-state index contributed by atoms with van der Waals surface area (Å²) in [4.78, 5) is 22.1. The van der Waals surface area contributed by atoms with Gasteiger partial charge in [0, 0.05) is 18.5 Å². The normalized spacial score (nSPS) is 17.4. The van der Waals surface area contributed by atoms with Gasteiger partial charge in [-0.05, 0) is 0 Å². The fourth-order valence-corrected chi connectivity index (χ4v) is 1.73. The summed E-state index contributed by atoms with van der Waals surface area (Å²) in [6.45, 7) is 8.08. The lowest BCUT2D eigenvalue weighted by Crippen LogP contribution is -2.48. The van der Waals surface area contributed by atoms with Crippen LogP contribution in [0.5, 0.6) is 0 Å². The zero-order chi connectivity index (χ0) is 12.5. The van der Waals surface area contributed by atoms with E-state index >= 15 is 0 Å². The number of piperazine rings is 1. The predicted octanol–water partition coefficient (Wildman–Crippen LogP) is 0.710. The first-order valence-electron chi connectivity index (χ1n) is 5.82. The average Bonchev–Trinajstić information content (AvgIpc) is 2.29. The molecule has 1 fully saturated rings. The first kappa shape index (κ1) is 12.0. The topological polar surface area (TPSA) is 58.1 Å². The van der Waals surface area contributed by atoms with Crippen LogP contribution in [0.2, 0.25) is 0 Å². The number of rotatable bonds is 1. The van der Waals surface area contributed by atoms with Gasteiger partial charge in [0.1, 0.15) is 5.82 Å². The van der Waals surface area contributed by atoms with E-state index in [2.05, 4.69) is 36.1 Å². The van der Waals surface area contributed by atoms with Gasteiger partial charge in [-0.2, -0.15) is 0 Å². The molecule has 0 radical (unpaired) electrons.